The van der Waals surface area contributed by atoms with E-state index in [1.807, 2.05) is 0 Å². The van der Waals surface area contributed by atoms with E-state index in [-0.39, 0.29) is 5.28 Å². The molecule has 6 nitrogen and oxygen atoms in total. The molecular formula is C9H4Cl2N6. The van der Waals surface area contributed by atoms with Crippen LogP contribution < -0.4 is 0 Å². The zero-order valence-electron chi connectivity index (χ0n) is 8.25. The van der Waals surface area contributed by atoms with Crippen molar-refractivity contribution >= 4 is 29.0 Å². The summed E-state index contributed by atoms with van der Waals surface area (Å²) in [6, 6.07) is 0. The third-order valence-corrected chi connectivity index (χ3v) is 2.55. The fourth-order valence-electron chi connectivity index (χ4n) is 1.40. The summed E-state index contributed by atoms with van der Waals surface area (Å²) in [5, 5.41) is 4.54. The minimum absolute atomic E-state index is 0.142. The van der Waals surface area contributed by atoms with Crippen molar-refractivity contribution in [2.24, 2.45) is 0 Å². The smallest absolute Gasteiger partial charge is 0.243 e. The minimum atomic E-state index is 0.142. The van der Waals surface area contributed by atoms with E-state index in [9.17, 15) is 0 Å². The lowest BCUT2D eigenvalue weighted by atomic mass is 10.2. The molecule has 0 bridgehead atoms. The van der Waals surface area contributed by atoms with E-state index in [4.69, 9.17) is 23.2 Å². The van der Waals surface area contributed by atoms with E-state index in [0.717, 1.165) is 0 Å². The normalized spacial score (nSPS) is 10.9. The lowest BCUT2D eigenvalue weighted by Gasteiger charge is -2.01. The number of hydrogen-bond acceptors (Lipinski definition) is 5. The molecule has 0 saturated heterocycles. The molecule has 3 aromatic heterocycles. The van der Waals surface area contributed by atoms with Gasteiger partial charge in [-0.15, -0.1) is 5.10 Å². The van der Waals surface area contributed by atoms with Crippen LogP contribution in [0, 0.1) is 0 Å². The quantitative estimate of drug-likeness (QED) is 0.673. The van der Waals surface area contributed by atoms with Crippen molar-refractivity contribution in [1.82, 2.24) is 29.5 Å². The Labute approximate surface area is 105 Å². The average molecular weight is 267 g/mol. The molecule has 0 radical (unpaired) electrons. The molecule has 8 heteroatoms. The van der Waals surface area contributed by atoms with Gasteiger partial charge < -0.3 is 0 Å². The largest absolute Gasteiger partial charge is 0.253 e. The molecule has 3 aromatic rings. The summed E-state index contributed by atoms with van der Waals surface area (Å²) in [6.07, 6.45) is 6.24. The molecule has 17 heavy (non-hydrogen) atoms. The zero-order chi connectivity index (χ0) is 11.8. The van der Waals surface area contributed by atoms with Gasteiger partial charge in [-0.3, -0.25) is 0 Å². The van der Waals surface area contributed by atoms with E-state index >= 15 is 0 Å². The summed E-state index contributed by atoms with van der Waals surface area (Å²) in [6.45, 7) is 0. The van der Waals surface area contributed by atoms with E-state index in [1.54, 1.807) is 12.4 Å². The van der Waals surface area contributed by atoms with Gasteiger partial charge in [0.05, 0.1) is 10.7 Å². The summed E-state index contributed by atoms with van der Waals surface area (Å²) in [5.41, 5.74) is 1.30. The van der Waals surface area contributed by atoms with Gasteiger partial charge in [-0.1, -0.05) is 11.6 Å². The Morgan fingerprint density at radius 2 is 2.00 bits per heavy atom. The molecule has 0 atom stereocenters. The number of hydrogen-bond donors (Lipinski definition) is 0. The van der Waals surface area contributed by atoms with Crippen LogP contribution in [0.4, 0.5) is 0 Å². The lowest BCUT2D eigenvalue weighted by molar-refractivity contribution is 0.939. The van der Waals surface area contributed by atoms with Crippen molar-refractivity contribution in [3.63, 3.8) is 0 Å². The average Bonchev–Trinajstić information content (AvgIpc) is 2.68. The minimum Gasteiger partial charge on any atom is -0.243 e. The highest BCUT2D eigenvalue weighted by molar-refractivity contribution is 6.32. The number of fused-ring (bicyclic) bond motifs is 1. The van der Waals surface area contributed by atoms with Crippen LogP contribution in [0.1, 0.15) is 0 Å². The van der Waals surface area contributed by atoms with Gasteiger partial charge >= 0.3 is 0 Å². The van der Waals surface area contributed by atoms with Gasteiger partial charge in [0.25, 0.3) is 5.78 Å². The molecule has 0 N–H and O–H groups in total. The highest BCUT2D eigenvalue weighted by Gasteiger charge is 2.08. The standard InChI is InChI=1S/C9H4Cl2N6/c10-6-2-12-4-14-7(6)5-1-13-9-15-8(11)16-17(9)3-5/h1-4H. The van der Waals surface area contributed by atoms with E-state index in [0.29, 0.717) is 22.1 Å². The summed E-state index contributed by atoms with van der Waals surface area (Å²) in [5.74, 6) is 0.420. The third kappa shape index (κ3) is 1.81. The van der Waals surface area contributed by atoms with Crippen molar-refractivity contribution in [3.05, 3.63) is 35.2 Å². The third-order valence-electron chi connectivity index (χ3n) is 2.11. The second kappa shape index (κ2) is 3.90. The highest BCUT2D eigenvalue weighted by atomic mass is 35.5. The van der Waals surface area contributed by atoms with Crippen LogP contribution in [-0.2, 0) is 0 Å². The maximum Gasteiger partial charge on any atom is 0.253 e. The van der Waals surface area contributed by atoms with Crippen LogP contribution in [0.5, 0.6) is 0 Å². The van der Waals surface area contributed by atoms with Crippen molar-refractivity contribution in [2.75, 3.05) is 0 Å². The fraction of sp³-hybridized carbons (Fsp3) is 0. The molecule has 0 saturated carbocycles. The van der Waals surface area contributed by atoms with Crippen LogP contribution in [-0.4, -0.2) is 29.5 Å². The number of nitrogens with zero attached hydrogens (tertiary/aromatic N) is 6. The van der Waals surface area contributed by atoms with Gasteiger partial charge in [-0.05, 0) is 11.6 Å². The first-order valence-corrected chi connectivity index (χ1v) is 5.33. The van der Waals surface area contributed by atoms with Crippen LogP contribution in [0.3, 0.4) is 0 Å². The van der Waals surface area contributed by atoms with Gasteiger partial charge in [0, 0.05) is 24.2 Å². The summed E-state index contributed by atoms with van der Waals surface area (Å²) < 4.78 is 1.47. The molecule has 0 aromatic carbocycles. The van der Waals surface area contributed by atoms with Gasteiger partial charge in [0.15, 0.2) is 0 Å². The van der Waals surface area contributed by atoms with Crippen LogP contribution >= 0.6 is 23.2 Å². The molecule has 3 heterocycles. The molecule has 0 unspecified atom stereocenters. The Balaban J connectivity index is 2.21. The molecule has 0 aliphatic heterocycles. The SMILES string of the molecule is Clc1nc2ncc(-c3ncncc3Cl)cn2n1. The van der Waals surface area contributed by atoms with Gasteiger partial charge in [0.1, 0.15) is 6.33 Å². The Bertz CT molecular complexity index is 695. The molecule has 0 amide bonds. The maximum atomic E-state index is 5.99. The van der Waals surface area contributed by atoms with Gasteiger partial charge in [-0.25, -0.2) is 19.5 Å². The lowest BCUT2D eigenvalue weighted by Crippen LogP contribution is -1.94. The molecular weight excluding hydrogens is 263 g/mol. The topological polar surface area (TPSA) is 68.9 Å². The summed E-state index contributed by atoms with van der Waals surface area (Å²) in [4.78, 5) is 15.9. The van der Waals surface area contributed by atoms with E-state index < -0.39 is 0 Å². The second-order valence-electron chi connectivity index (χ2n) is 3.19. The monoisotopic (exact) mass is 266 g/mol. The Morgan fingerprint density at radius 3 is 2.82 bits per heavy atom. The molecule has 84 valence electrons. The maximum absolute atomic E-state index is 5.99. The molecule has 0 aliphatic rings. The first-order chi connectivity index (χ1) is 8.24. The predicted octanol–water partition coefficient (Wildman–Crippen LogP) is 1.89. The van der Waals surface area contributed by atoms with Crippen molar-refractivity contribution in [3.8, 4) is 11.3 Å². The van der Waals surface area contributed by atoms with E-state index in [2.05, 4.69) is 25.0 Å². The Kier molecular flexibility index (Phi) is 2.38. The highest BCUT2D eigenvalue weighted by Crippen LogP contribution is 2.23. The number of rotatable bonds is 1. The second-order valence-corrected chi connectivity index (χ2v) is 3.93. The first kappa shape index (κ1) is 10.4. The van der Waals surface area contributed by atoms with Gasteiger partial charge in [-0.2, -0.15) is 4.98 Å². The number of aromatic nitrogens is 6. The molecule has 0 fully saturated rings. The first-order valence-electron chi connectivity index (χ1n) is 4.58. The number of halogens is 2. The van der Waals surface area contributed by atoms with Crippen molar-refractivity contribution in [1.29, 1.82) is 0 Å². The van der Waals surface area contributed by atoms with Crippen LogP contribution in [0.25, 0.3) is 17.0 Å². The van der Waals surface area contributed by atoms with Crippen LogP contribution in [0.2, 0.25) is 10.3 Å². The molecule has 0 spiro atoms. The van der Waals surface area contributed by atoms with E-state index in [1.165, 1.54) is 17.0 Å². The van der Waals surface area contributed by atoms with Crippen LogP contribution in [0.15, 0.2) is 24.9 Å². The molecule has 3 rings (SSSR count). The molecule has 0 aliphatic carbocycles. The Hall–Kier alpha value is -1.79. The fourth-order valence-corrected chi connectivity index (χ4v) is 1.78. The Morgan fingerprint density at radius 1 is 1.12 bits per heavy atom. The van der Waals surface area contributed by atoms with Crippen molar-refractivity contribution in [2.45, 2.75) is 0 Å². The zero-order valence-corrected chi connectivity index (χ0v) is 9.76. The van der Waals surface area contributed by atoms with Crippen molar-refractivity contribution < 1.29 is 0 Å². The predicted molar refractivity (Wildman–Crippen MR) is 61.8 cm³/mol. The summed E-state index contributed by atoms with van der Waals surface area (Å²) >= 11 is 11.7. The van der Waals surface area contributed by atoms with Gasteiger partial charge in [0.2, 0.25) is 5.28 Å². The summed E-state index contributed by atoms with van der Waals surface area (Å²) in [7, 11) is 0.